The van der Waals surface area contributed by atoms with Crippen molar-refractivity contribution >= 4 is 17.5 Å². The number of aromatic nitrogens is 2. The minimum atomic E-state index is 0.559. The molecule has 2 aliphatic heterocycles. The number of hydrogen-bond donors (Lipinski definition) is 1. The van der Waals surface area contributed by atoms with Crippen LogP contribution in [0.5, 0.6) is 17.2 Å². The van der Waals surface area contributed by atoms with Crippen LogP contribution in [0.2, 0.25) is 0 Å². The number of benzene rings is 1. The van der Waals surface area contributed by atoms with Crippen LogP contribution in [0.4, 0.5) is 17.5 Å². The van der Waals surface area contributed by atoms with Gasteiger partial charge in [0.25, 0.3) is 0 Å². The second kappa shape index (κ2) is 10.2. The highest BCUT2D eigenvalue weighted by atomic mass is 16.5. The number of rotatable bonds is 7. The predicted molar refractivity (Wildman–Crippen MR) is 124 cm³/mol. The first-order valence-electron chi connectivity index (χ1n) is 11.1. The van der Waals surface area contributed by atoms with Crippen LogP contribution in [-0.2, 0) is 4.74 Å². The van der Waals surface area contributed by atoms with Crippen molar-refractivity contribution in [2.45, 2.75) is 25.8 Å². The minimum Gasteiger partial charge on any atom is -0.493 e. The maximum absolute atomic E-state index is 5.49. The zero-order chi connectivity index (χ0) is 22.5. The second-order valence-electron chi connectivity index (χ2n) is 8.11. The molecule has 0 saturated carbocycles. The summed E-state index contributed by atoms with van der Waals surface area (Å²) < 4.78 is 21.8. The molecular formula is C23H33N5O4. The SMILES string of the molecule is COc1cc(Nc2nc(N3CCC(N4CCOCC4)CC3)ncc2C)cc(OC)c1OC. The molecule has 9 nitrogen and oxygen atoms in total. The van der Waals surface area contributed by atoms with Crippen LogP contribution in [-0.4, -0.2) is 81.6 Å². The van der Waals surface area contributed by atoms with Crippen molar-refractivity contribution in [3.8, 4) is 17.2 Å². The Balaban J connectivity index is 1.48. The molecular weight excluding hydrogens is 410 g/mol. The van der Waals surface area contributed by atoms with Gasteiger partial charge in [-0.1, -0.05) is 0 Å². The van der Waals surface area contributed by atoms with Gasteiger partial charge in [-0.05, 0) is 19.8 Å². The number of anilines is 3. The summed E-state index contributed by atoms with van der Waals surface area (Å²) in [5.74, 6) is 3.26. The molecule has 9 heteroatoms. The molecule has 0 aliphatic carbocycles. The summed E-state index contributed by atoms with van der Waals surface area (Å²) in [4.78, 5) is 14.3. The number of nitrogens with zero attached hydrogens (tertiary/aromatic N) is 4. The van der Waals surface area contributed by atoms with E-state index in [1.807, 2.05) is 25.3 Å². The standard InChI is InChI=1S/C23H33N5O4/c1-16-15-24-23(28-7-5-18(6-8-28)27-9-11-32-12-10-27)26-22(16)25-17-13-19(29-2)21(31-4)20(14-17)30-3/h13-15,18H,5-12H2,1-4H3,(H,24,25,26). The van der Waals surface area contributed by atoms with Crippen LogP contribution in [0.1, 0.15) is 18.4 Å². The Kier molecular flexibility index (Phi) is 7.16. The lowest BCUT2D eigenvalue weighted by atomic mass is 10.0. The van der Waals surface area contributed by atoms with Crippen molar-refractivity contribution in [2.75, 3.05) is 70.9 Å². The topological polar surface area (TPSA) is 81.2 Å². The maximum atomic E-state index is 5.49. The van der Waals surface area contributed by atoms with Crippen molar-refractivity contribution in [3.63, 3.8) is 0 Å². The lowest BCUT2D eigenvalue weighted by Crippen LogP contribution is -2.49. The quantitative estimate of drug-likeness (QED) is 0.695. The summed E-state index contributed by atoms with van der Waals surface area (Å²) in [5, 5.41) is 3.40. The Morgan fingerprint density at radius 2 is 1.62 bits per heavy atom. The lowest BCUT2D eigenvalue weighted by Gasteiger charge is -2.40. The molecule has 0 atom stereocenters. The number of methoxy groups -OCH3 is 3. The number of piperidine rings is 1. The second-order valence-corrected chi connectivity index (χ2v) is 8.11. The maximum Gasteiger partial charge on any atom is 0.227 e. The molecule has 2 fully saturated rings. The average molecular weight is 444 g/mol. The molecule has 1 aromatic carbocycles. The van der Waals surface area contributed by atoms with Crippen molar-refractivity contribution in [2.24, 2.45) is 0 Å². The van der Waals surface area contributed by atoms with Crippen LogP contribution < -0.4 is 24.4 Å². The highest BCUT2D eigenvalue weighted by Gasteiger charge is 2.27. The molecule has 0 radical (unpaired) electrons. The van der Waals surface area contributed by atoms with Crippen LogP contribution >= 0.6 is 0 Å². The van der Waals surface area contributed by atoms with Gasteiger partial charge in [-0.15, -0.1) is 0 Å². The van der Waals surface area contributed by atoms with Gasteiger partial charge in [0.1, 0.15) is 5.82 Å². The third-order valence-electron chi connectivity index (χ3n) is 6.20. The van der Waals surface area contributed by atoms with E-state index >= 15 is 0 Å². The Bertz CT molecular complexity index is 886. The van der Waals surface area contributed by atoms with Crippen molar-refractivity contribution < 1.29 is 18.9 Å². The fourth-order valence-corrected chi connectivity index (χ4v) is 4.38. The van der Waals surface area contributed by atoms with Crippen LogP contribution in [0, 0.1) is 6.92 Å². The van der Waals surface area contributed by atoms with E-state index in [1.54, 1.807) is 21.3 Å². The van der Waals surface area contributed by atoms with Crippen molar-refractivity contribution in [3.05, 3.63) is 23.9 Å². The Morgan fingerprint density at radius 1 is 0.969 bits per heavy atom. The Hall–Kier alpha value is -2.78. The van der Waals surface area contributed by atoms with E-state index in [1.165, 1.54) is 0 Å². The molecule has 1 N–H and O–H groups in total. The zero-order valence-corrected chi connectivity index (χ0v) is 19.4. The average Bonchev–Trinajstić information content (AvgIpc) is 2.85. The van der Waals surface area contributed by atoms with Gasteiger partial charge >= 0.3 is 0 Å². The third kappa shape index (κ3) is 4.83. The molecule has 0 bridgehead atoms. The van der Waals surface area contributed by atoms with E-state index in [0.29, 0.717) is 23.3 Å². The van der Waals surface area contributed by atoms with Gasteiger partial charge in [0.15, 0.2) is 11.5 Å². The van der Waals surface area contributed by atoms with E-state index in [4.69, 9.17) is 23.9 Å². The smallest absolute Gasteiger partial charge is 0.227 e. The molecule has 2 saturated heterocycles. The van der Waals surface area contributed by atoms with E-state index in [2.05, 4.69) is 20.1 Å². The van der Waals surface area contributed by atoms with Gasteiger partial charge in [-0.2, -0.15) is 4.98 Å². The summed E-state index contributed by atoms with van der Waals surface area (Å²) in [6, 6.07) is 4.37. The summed E-state index contributed by atoms with van der Waals surface area (Å²) >= 11 is 0. The fraction of sp³-hybridized carbons (Fsp3) is 0.565. The lowest BCUT2D eigenvalue weighted by molar-refractivity contribution is 0.0114. The molecule has 0 amide bonds. The molecule has 32 heavy (non-hydrogen) atoms. The van der Waals surface area contributed by atoms with E-state index < -0.39 is 0 Å². The van der Waals surface area contributed by atoms with Gasteiger partial charge in [-0.25, -0.2) is 4.98 Å². The normalized spacial score (nSPS) is 17.8. The highest BCUT2D eigenvalue weighted by Crippen LogP contribution is 2.40. The monoisotopic (exact) mass is 443 g/mol. The molecule has 2 aliphatic rings. The number of ether oxygens (including phenoxy) is 4. The molecule has 0 spiro atoms. The van der Waals surface area contributed by atoms with E-state index in [-0.39, 0.29) is 0 Å². The summed E-state index contributed by atoms with van der Waals surface area (Å²) in [6.45, 7) is 7.66. The summed E-state index contributed by atoms with van der Waals surface area (Å²) in [7, 11) is 4.81. The number of aryl methyl sites for hydroxylation is 1. The zero-order valence-electron chi connectivity index (χ0n) is 19.4. The first-order chi connectivity index (χ1) is 15.6. The van der Waals surface area contributed by atoms with Crippen LogP contribution in [0.25, 0.3) is 0 Å². The predicted octanol–water partition coefficient (Wildman–Crippen LogP) is 2.86. The molecule has 3 heterocycles. The summed E-state index contributed by atoms with van der Waals surface area (Å²) in [5.41, 5.74) is 1.77. The largest absolute Gasteiger partial charge is 0.493 e. The fourth-order valence-electron chi connectivity index (χ4n) is 4.38. The first-order valence-corrected chi connectivity index (χ1v) is 11.1. The van der Waals surface area contributed by atoms with Crippen LogP contribution in [0.15, 0.2) is 18.3 Å². The number of nitrogens with one attached hydrogen (secondary N) is 1. The molecule has 1 aromatic heterocycles. The van der Waals surface area contributed by atoms with Gasteiger partial charge < -0.3 is 29.2 Å². The van der Waals surface area contributed by atoms with Gasteiger partial charge in [0.2, 0.25) is 11.7 Å². The molecule has 2 aromatic rings. The number of morpholine rings is 1. The number of hydrogen-bond acceptors (Lipinski definition) is 9. The molecule has 0 unspecified atom stereocenters. The van der Waals surface area contributed by atoms with Gasteiger partial charge in [0, 0.05) is 61.8 Å². The molecule has 174 valence electrons. The van der Waals surface area contributed by atoms with Crippen molar-refractivity contribution in [1.29, 1.82) is 0 Å². The highest BCUT2D eigenvalue weighted by molar-refractivity contribution is 5.68. The Morgan fingerprint density at radius 3 is 2.22 bits per heavy atom. The van der Waals surface area contributed by atoms with E-state index in [0.717, 1.165) is 75.3 Å². The van der Waals surface area contributed by atoms with Crippen molar-refractivity contribution in [1.82, 2.24) is 14.9 Å². The molecule has 4 rings (SSSR count). The van der Waals surface area contributed by atoms with E-state index in [9.17, 15) is 0 Å². The van der Waals surface area contributed by atoms with Gasteiger partial charge in [0.05, 0.1) is 34.5 Å². The van der Waals surface area contributed by atoms with Gasteiger partial charge in [-0.3, -0.25) is 4.90 Å². The summed E-state index contributed by atoms with van der Waals surface area (Å²) in [6.07, 6.45) is 4.11. The minimum absolute atomic E-state index is 0.559. The van der Waals surface area contributed by atoms with Crippen LogP contribution in [0.3, 0.4) is 0 Å². The third-order valence-corrected chi connectivity index (χ3v) is 6.20. The first kappa shape index (κ1) is 22.4. The Labute approximate surface area is 189 Å².